The minimum absolute atomic E-state index is 0.0881. The van der Waals surface area contributed by atoms with Gasteiger partial charge in [0.25, 0.3) is 0 Å². The topological polar surface area (TPSA) is 93.9 Å². The number of aromatic carboxylic acids is 1. The van der Waals surface area contributed by atoms with Gasteiger partial charge in [0, 0.05) is 25.8 Å². The summed E-state index contributed by atoms with van der Waals surface area (Å²) >= 11 is 0. The summed E-state index contributed by atoms with van der Waals surface area (Å²) in [5, 5.41) is 29.6. The third-order valence-corrected chi connectivity index (χ3v) is 4.77. The van der Waals surface area contributed by atoms with Crippen LogP contribution in [0.5, 0.6) is 5.75 Å². The highest BCUT2D eigenvalue weighted by atomic mass is 16.4. The number of piperidine rings is 1. The number of pyridine rings is 1. The lowest BCUT2D eigenvalue weighted by Crippen LogP contribution is -2.42. The standard InChI is InChI=1S/C19H22N2O4/c1-13-2-5-17(20-11-13)19(25)6-8-21(9-7-19)12-14-3-4-16(22)15(10-14)18(23)24/h2-5,10-11,22,25H,6-9,12H2,1H3,(H,23,24). The fourth-order valence-corrected chi connectivity index (χ4v) is 3.19. The Hall–Kier alpha value is -2.44. The van der Waals surface area contributed by atoms with Crippen molar-refractivity contribution in [1.82, 2.24) is 9.88 Å². The van der Waals surface area contributed by atoms with Crippen molar-refractivity contribution in [3.8, 4) is 5.75 Å². The monoisotopic (exact) mass is 342 g/mol. The molecular formula is C19H22N2O4. The summed E-state index contributed by atoms with van der Waals surface area (Å²) in [4.78, 5) is 17.6. The normalized spacial score (nSPS) is 17.4. The molecule has 0 amide bonds. The van der Waals surface area contributed by atoms with Crippen LogP contribution in [0, 0.1) is 6.92 Å². The lowest BCUT2D eigenvalue weighted by Gasteiger charge is -2.37. The minimum Gasteiger partial charge on any atom is -0.507 e. The van der Waals surface area contributed by atoms with Crippen molar-refractivity contribution in [2.45, 2.75) is 31.9 Å². The summed E-state index contributed by atoms with van der Waals surface area (Å²) in [5.41, 5.74) is 1.59. The van der Waals surface area contributed by atoms with Gasteiger partial charge in [0.1, 0.15) is 16.9 Å². The summed E-state index contributed by atoms with van der Waals surface area (Å²) in [6.45, 7) is 3.93. The number of aliphatic hydroxyl groups is 1. The first-order chi connectivity index (χ1) is 11.9. The highest BCUT2D eigenvalue weighted by Gasteiger charge is 2.35. The Kier molecular flexibility index (Phi) is 4.74. The molecule has 132 valence electrons. The maximum atomic E-state index is 11.1. The number of rotatable bonds is 4. The van der Waals surface area contributed by atoms with E-state index in [9.17, 15) is 15.0 Å². The van der Waals surface area contributed by atoms with E-state index in [1.807, 2.05) is 19.1 Å². The molecule has 0 saturated carbocycles. The Bertz CT molecular complexity index is 765. The smallest absolute Gasteiger partial charge is 0.339 e. The van der Waals surface area contributed by atoms with Crippen LogP contribution >= 0.6 is 0 Å². The maximum absolute atomic E-state index is 11.1. The molecule has 1 saturated heterocycles. The molecule has 2 heterocycles. The Morgan fingerprint density at radius 1 is 1.24 bits per heavy atom. The van der Waals surface area contributed by atoms with Crippen LogP contribution in [0.25, 0.3) is 0 Å². The largest absolute Gasteiger partial charge is 0.507 e. The van der Waals surface area contributed by atoms with Crippen molar-refractivity contribution in [2.75, 3.05) is 13.1 Å². The van der Waals surface area contributed by atoms with E-state index in [-0.39, 0.29) is 11.3 Å². The van der Waals surface area contributed by atoms with Crippen LogP contribution < -0.4 is 0 Å². The van der Waals surface area contributed by atoms with Crippen molar-refractivity contribution in [3.05, 3.63) is 58.9 Å². The molecule has 3 rings (SSSR count). The van der Waals surface area contributed by atoms with Crippen LogP contribution in [-0.2, 0) is 12.1 Å². The number of nitrogens with zero attached hydrogens (tertiary/aromatic N) is 2. The van der Waals surface area contributed by atoms with Crippen LogP contribution in [0.2, 0.25) is 0 Å². The number of benzene rings is 1. The maximum Gasteiger partial charge on any atom is 0.339 e. The van der Waals surface area contributed by atoms with Crippen molar-refractivity contribution < 1.29 is 20.1 Å². The van der Waals surface area contributed by atoms with E-state index < -0.39 is 11.6 Å². The molecule has 2 aromatic rings. The molecule has 0 aliphatic carbocycles. The lowest BCUT2D eigenvalue weighted by molar-refractivity contribution is -0.0311. The Morgan fingerprint density at radius 2 is 1.96 bits per heavy atom. The minimum atomic E-state index is -1.14. The molecule has 0 radical (unpaired) electrons. The number of phenols is 1. The summed E-state index contributed by atoms with van der Waals surface area (Å²) in [5.74, 6) is -1.37. The van der Waals surface area contributed by atoms with Gasteiger partial charge >= 0.3 is 5.97 Å². The molecule has 1 fully saturated rings. The first-order valence-electron chi connectivity index (χ1n) is 8.30. The van der Waals surface area contributed by atoms with Gasteiger partial charge in [0.05, 0.1) is 5.69 Å². The molecule has 6 heteroatoms. The van der Waals surface area contributed by atoms with Crippen molar-refractivity contribution >= 4 is 5.97 Å². The van der Waals surface area contributed by atoms with Crippen LogP contribution in [0.3, 0.4) is 0 Å². The molecule has 1 aromatic heterocycles. The average molecular weight is 342 g/mol. The molecule has 0 spiro atoms. The van der Waals surface area contributed by atoms with E-state index in [4.69, 9.17) is 5.11 Å². The molecule has 25 heavy (non-hydrogen) atoms. The molecule has 0 bridgehead atoms. The first-order valence-corrected chi connectivity index (χ1v) is 8.30. The fourth-order valence-electron chi connectivity index (χ4n) is 3.19. The fraction of sp³-hybridized carbons (Fsp3) is 0.368. The predicted octanol–water partition coefficient (Wildman–Crippen LogP) is 2.28. The Balaban J connectivity index is 1.66. The van der Waals surface area contributed by atoms with Gasteiger partial charge in [0.2, 0.25) is 0 Å². The molecule has 1 aromatic carbocycles. The van der Waals surface area contributed by atoms with Crippen LogP contribution in [0.4, 0.5) is 0 Å². The van der Waals surface area contributed by atoms with Crippen LogP contribution in [0.1, 0.15) is 40.0 Å². The number of carboxylic acids is 1. The first kappa shape index (κ1) is 17.4. The van der Waals surface area contributed by atoms with Crippen molar-refractivity contribution in [3.63, 3.8) is 0 Å². The van der Waals surface area contributed by atoms with E-state index in [2.05, 4.69) is 9.88 Å². The Morgan fingerprint density at radius 3 is 2.56 bits per heavy atom. The van der Waals surface area contributed by atoms with Gasteiger partial charge in [-0.2, -0.15) is 0 Å². The van der Waals surface area contributed by atoms with E-state index in [0.717, 1.165) is 11.1 Å². The third-order valence-electron chi connectivity index (χ3n) is 4.77. The van der Waals surface area contributed by atoms with E-state index >= 15 is 0 Å². The number of hydrogen-bond donors (Lipinski definition) is 3. The molecule has 3 N–H and O–H groups in total. The molecule has 1 aliphatic heterocycles. The van der Waals surface area contributed by atoms with Gasteiger partial charge in [-0.1, -0.05) is 12.1 Å². The SMILES string of the molecule is Cc1ccc(C2(O)CCN(Cc3ccc(O)c(C(=O)O)c3)CC2)nc1. The number of aromatic nitrogens is 1. The molecular weight excluding hydrogens is 320 g/mol. The number of carbonyl (C=O) groups is 1. The lowest BCUT2D eigenvalue weighted by atomic mass is 9.87. The third kappa shape index (κ3) is 3.81. The molecule has 1 aliphatic rings. The predicted molar refractivity (Wildman–Crippen MR) is 92.4 cm³/mol. The van der Waals surface area contributed by atoms with E-state index in [1.165, 1.54) is 12.1 Å². The zero-order chi connectivity index (χ0) is 18.0. The number of aromatic hydroxyl groups is 1. The average Bonchev–Trinajstić information content (AvgIpc) is 2.59. The highest BCUT2D eigenvalue weighted by Crippen LogP contribution is 2.32. The second-order valence-electron chi connectivity index (χ2n) is 6.69. The molecule has 0 atom stereocenters. The number of hydrogen-bond acceptors (Lipinski definition) is 5. The summed E-state index contributed by atoms with van der Waals surface area (Å²) < 4.78 is 0. The van der Waals surface area contributed by atoms with Gasteiger partial charge in [-0.25, -0.2) is 4.79 Å². The van der Waals surface area contributed by atoms with Crippen LogP contribution in [0.15, 0.2) is 36.5 Å². The molecule has 6 nitrogen and oxygen atoms in total. The highest BCUT2D eigenvalue weighted by molar-refractivity contribution is 5.90. The zero-order valence-electron chi connectivity index (χ0n) is 14.1. The van der Waals surface area contributed by atoms with Crippen molar-refractivity contribution in [1.29, 1.82) is 0 Å². The van der Waals surface area contributed by atoms with Crippen LogP contribution in [-0.4, -0.2) is 44.3 Å². The quantitative estimate of drug-likeness (QED) is 0.789. The van der Waals surface area contributed by atoms with Gasteiger partial charge < -0.3 is 15.3 Å². The van der Waals surface area contributed by atoms with Gasteiger partial charge in [0.15, 0.2) is 0 Å². The number of aryl methyl sites for hydroxylation is 1. The summed E-state index contributed by atoms with van der Waals surface area (Å²) in [6.07, 6.45) is 2.92. The Labute approximate surface area is 146 Å². The van der Waals surface area contributed by atoms with Gasteiger partial charge in [-0.3, -0.25) is 9.88 Å². The van der Waals surface area contributed by atoms with E-state index in [0.29, 0.717) is 38.2 Å². The van der Waals surface area contributed by atoms with Crippen molar-refractivity contribution in [2.24, 2.45) is 0 Å². The number of likely N-dealkylation sites (tertiary alicyclic amines) is 1. The van der Waals surface area contributed by atoms with Gasteiger partial charge in [-0.05, 0) is 49.1 Å². The second kappa shape index (κ2) is 6.82. The van der Waals surface area contributed by atoms with Gasteiger partial charge in [-0.15, -0.1) is 0 Å². The second-order valence-corrected chi connectivity index (χ2v) is 6.69. The molecule has 0 unspecified atom stereocenters. The number of carboxylic acid groups (broad SMARTS) is 1. The summed E-state index contributed by atoms with van der Waals surface area (Å²) in [7, 11) is 0. The zero-order valence-corrected chi connectivity index (χ0v) is 14.1. The van der Waals surface area contributed by atoms with E-state index in [1.54, 1.807) is 12.3 Å². The summed E-state index contributed by atoms with van der Waals surface area (Å²) in [6, 6.07) is 8.47.